The Morgan fingerprint density at radius 2 is 1.53 bits per heavy atom. The van der Waals surface area contributed by atoms with Gasteiger partial charge in [-0.3, -0.25) is 0 Å². The molecule has 0 unspecified atom stereocenters. The van der Waals surface area contributed by atoms with E-state index < -0.39 is 31.4 Å². The monoisotopic (exact) mass is 856 g/mol. The predicted molar refractivity (Wildman–Crippen MR) is 208 cm³/mol. The van der Waals surface area contributed by atoms with Gasteiger partial charge in [0.2, 0.25) is 0 Å². The van der Waals surface area contributed by atoms with Crippen LogP contribution >= 0.6 is 0 Å². The van der Waals surface area contributed by atoms with Crippen molar-refractivity contribution in [2.75, 3.05) is 0 Å². The van der Waals surface area contributed by atoms with Crippen LogP contribution in [0.1, 0.15) is 93.4 Å². The van der Waals surface area contributed by atoms with Gasteiger partial charge in [-0.15, -0.1) is 53.6 Å². The van der Waals surface area contributed by atoms with Crippen molar-refractivity contribution in [1.29, 1.82) is 0 Å². The summed E-state index contributed by atoms with van der Waals surface area (Å²) in [7, 11) is 0. The Hall–Kier alpha value is -4.37. The second kappa shape index (κ2) is 15.9. The van der Waals surface area contributed by atoms with Gasteiger partial charge in [0, 0.05) is 50.2 Å². The number of nitrogens with zero attached hydrogens (tertiary/aromatic N) is 2. The topological polar surface area (TPSA) is 38.9 Å². The first-order chi connectivity index (χ1) is 27.7. The van der Waals surface area contributed by atoms with E-state index in [2.05, 4.69) is 64.6 Å². The Kier molecular flexibility index (Phi) is 8.23. The molecule has 0 atom stereocenters. The first-order valence-corrected chi connectivity index (χ1v) is 17.2. The van der Waals surface area contributed by atoms with Crippen LogP contribution in [-0.4, -0.2) is 9.97 Å². The summed E-state index contributed by atoms with van der Waals surface area (Å²) >= 11 is 0. The maximum Gasteiger partial charge on any atom is 0.121 e. The van der Waals surface area contributed by atoms with E-state index in [0.717, 1.165) is 58.7 Å². The standard InChI is InChI=1S/C30H26NO.C17H20N.Ir/c1-20-10-17-28(31-19-20)27-9-5-8-26-25-16-15-24(18-29(25)32-30(26)27)23-13-11-22(12-14-23)21-6-3-2-4-7-21;1-13-5-8-15(9-6-13)16-10-7-14(12-18-16)11-17(2,3)4;/h5,8,10-19,21H,2-4,6-7H2,1H3;5-8,10,12H,11H2,1-4H3;/q2*-1;/i1D3,21D;1D3,11D2;. The summed E-state index contributed by atoms with van der Waals surface area (Å²) in [6, 6.07) is 36.1. The molecule has 0 saturated heterocycles. The summed E-state index contributed by atoms with van der Waals surface area (Å²) in [5.41, 5.74) is 7.78. The van der Waals surface area contributed by atoms with Crippen LogP contribution in [0.4, 0.5) is 0 Å². The first-order valence-electron chi connectivity index (χ1n) is 21.7. The molecule has 0 aliphatic heterocycles. The second-order valence-corrected chi connectivity index (χ2v) is 13.9. The fourth-order valence-electron chi connectivity index (χ4n) is 6.46. The van der Waals surface area contributed by atoms with Crippen molar-refractivity contribution >= 4 is 21.9 Å². The van der Waals surface area contributed by atoms with Crippen molar-refractivity contribution in [3.05, 3.63) is 144 Å². The summed E-state index contributed by atoms with van der Waals surface area (Å²) in [5.74, 6) is -0.456. The summed E-state index contributed by atoms with van der Waals surface area (Å²) in [6.07, 6.45) is 6.81. The predicted octanol–water partition coefficient (Wildman–Crippen LogP) is 12.9. The molecule has 0 N–H and O–H groups in total. The van der Waals surface area contributed by atoms with Crippen LogP contribution in [-0.2, 0) is 26.5 Å². The molecule has 1 aliphatic carbocycles. The molecule has 0 spiro atoms. The second-order valence-electron chi connectivity index (χ2n) is 13.9. The van der Waals surface area contributed by atoms with Crippen molar-refractivity contribution in [3.63, 3.8) is 0 Å². The number of pyridine rings is 2. The fourth-order valence-corrected chi connectivity index (χ4v) is 6.46. The molecule has 0 bridgehead atoms. The number of rotatable bonds is 5. The van der Waals surface area contributed by atoms with Crippen LogP contribution in [0.5, 0.6) is 0 Å². The SMILES string of the molecule is [2H]C([2H])([2H])c1c[c-]c(-c2ccc(C([2H])([2H])C(C)(C)C)cn2)cc1.[2H]C([2H])([2H])c1ccc(-c2[c-]ccc3c2oc2cc(-c4ccc(C5([2H])CCCCC5)cc4)ccc23)nc1.[Ir]. The zero-order valence-electron chi connectivity index (χ0n) is 38.1. The van der Waals surface area contributed by atoms with Crippen LogP contribution in [0.2, 0.25) is 0 Å². The van der Waals surface area contributed by atoms with Crippen molar-refractivity contribution in [2.24, 2.45) is 5.41 Å². The smallest absolute Gasteiger partial charge is 0.121 e. The molecular formula is C47H46IrN2O-2. The molecule has 3 nitrogen and oxygen atoms in total. The molecule has 1 fully saturated rings. The third-order valence-corrected chi connectivity index (χ3v) is 8.91. The minimum absolute atomic E-state index is 0. The minimum Gasteiger partial charge on any atom is -0.501 e. The molecule has 4 aromatic carbocycles. The average molecular weight is 856 g/mol. The van der Waals surface area contributed by atoms with Crippen LogP contribution in [0.15, 0.2) is 114 Å². The number of hydrogen-bond acceptors (Lipinski definition) is 3. The molecule has 0 amide bonds. The number of aryl methyl sites for hydroxylation is 2. The zero-order chi connectivity index (χ0) is 42.4. The van der Waals surface area contributed by atoms with Gasteiger partial charge in [0.25, 0.3) is 0 Å². The maximum atomic E-state index is 8.89. The van der Waals surface area contributed by atoms with Crippen molar-refractivity contribution < 1.29 is 36.9 Å². The van der Waals surface area contributed by atoms with E-state index in [9.17, 15) is 0 Å². The van der Waals surface area contributed by atoms with E-state index in [1.54, 1.807) is 36.4 Å². The first kappa shape index (κ1) is 26.4. The molecule has 1 aliphatic rings. The largest absolute Gasteiger partial charge is 0.501 e. The Balaban J connectivity index is 0.000000219. The summed E-state index contributed by atoms with van der Waals surface area (Å²) in [4.78, 5) is 8.70. The van der Waals surface area contributed by atoms with E-state index >= 15 is 0 Å². The van der Waals surface area contributed by atoms with E-state index in [1.807, 2.05) is 32.9 Å². The van der Waals surface area contributed by atoms with Gasteiger partial charge in [-0.05, 0) is 82.6 Å². The van der Waals surface area contributed by atoms with Crippen LogP contribution < -0.4 is 0 Å². The van der Waals surface area contributed by atoms with Crippen molar-refractivity contribution in [3.8, 4) is 33.6 Å². The summed E-state index contributed by atoms with van der Waals surface area (Å²) < 4.78 is 76.5. The number of hydrogen-bond donors (Lipinski definition) is 0. The number of aromatic nitrogens is 2. The molecule has 3 aromatic heterocycles. The van der Waals surface area contributed by atoms with Gasteiger partial charge in [0.05, 0.1) is 5.58 Å². The van der Waals surface area contributed by atoms with Crippen LogP contribution in [0.3, 0.4) is 0 Å². The molecule has 4 heteroatoms. The van der Waals surface area contributed by atoms with E-state index in [4.69, 9.17) is 16.8 Å². The van der Waals surface area contributed by atoms with Gasteiger partial charge >= 0.3 is 0 Å². The molecule has 1 saturated carbocycles. The Labute approximate surface area is 329 Å². The van der Waals surface area contributed by atoms with E-state index in [0.29, 0.717) is 33.7 Å². The molecule has 51 heavy (non-hydrogen) atoms. The quantitative estimate of drug-likeness (QED) is 0.162. The Morgan fingerprint density at radius 3 is 2.20 bits per heavy atom. The Bertz CT molecular complexity index is 2550. The zero-order valence-corrected chi connectivity index (χ0v) is 31.5. The average Bonchev–Trinajstić information content (AvgIpc) is 3.59. The third kappa shape index (κ3) is 8.75. The maximum absolute atomic E-state index is 8.89. The molecule has 1 radical (unpaired) electrons. The number of furan rings is 1. The Morgan fingerprint density at radius 1 is 0.784 bits per heavy atom. The van der Waals surface area contributed by atoms with Gasteiger partial charge < -0.3 is 14.4 Å². The minimum atomic E-state index is -2.19. The third-order valence-electron chi connectivity index (χ3n) is 8.91. The molecule has 7 aromatic rings. The number of benzene rings is 4. The van der Waals surface area contributed by atoms with Gasteiger partial charge in [0.15, 0.2) is 0 Å². The molecule has 8 rings (SSSR count). The van der Waals surface area contributed by atoms with Gasteiger partial charge in [0.1, 0.15) is 5.58 Å². The normalized spacial score (nSPS) is 17.4. The molecule has 3 heterocycles. The van der Waals surface area contributed by atoms with Crippen LogP contribution in [0.25, 0.3) is 55.6 Å². The summed E-state index contributed by atoms with van der Waals surface area (Å²) in [6.45, 7) is 1.22. The van der Waals surface area contributed by atoms with Gasteiger partial charge in [-0.2, -0.15) is 0 Å². The van der Waals surface area contributed by atoms with Gasteiger partial charge in [-0.25, -0.2) is 0 Å². The van der Waals surface area contributed by atoms with E-state index in [-0.39, 0.29) is 31.2 Å². The summed E-state index contributed by atoms with van der Waals surface area (Å²) in [5, 5.41) is 1.97. The number of fused-ring (bicyclic) bond motifs is 3. The van der Waals surface area contributed by atoms with Crippen LogP contribution in [0, 0.1) is 31.3 Å². The van der Waals surface area contributed by atoms with Gasteiger partial charge in [-0.1, -0.05) is 118 Å². The van der Waals surface area contributed by atoms with E-state index in [1.165, 1.54) is 24.9 Å². The van der Waals surface area contributed by atoms with Crippen molar-refractivity contribution in [2.45, 2.75) is 78.8 Å². The molecular weight excluding hydrogens is 801 g/mol. The fraction of sp³-hybridized carbons (Fsp3) is 0.277. The molecule has 261 valence electrons. The van der Waals surface area contributed by atoms with Crippen molar-refractivity contribution in [1.82, 2.24) is 9.97 Å².